The summed E-state index contributed by atoms with van der Waals surface area (Å²) in [7, 11) is 0. The van der Waals surface area contributed by atoms with Gasteiger partial charge in [0.05, 0.1) is 5.69 Å². The molecule has 1 atom stereocenters. The summed E-state index contributed by atoms with van der Waals surface area (Å²) in [5.74, 6) is 1.01. The molecule has 1 aliphatic rings. The lowest BCUT2D eigenvalue weighted by molar-refractivity contribution is 0.201. The van der Waals surface area contributed by atoms with Crippen molar-refractivity contribution >= 4 is 5.82 Å². The fourth-order valence-electron chi connectivity index (χ4n) is 2.83. The Bertz CT molecular complexity index is 593. The molecule has 2 heterocycles. The minimum absolute atomic E-state index is 0.451. The lowest BCUT2D eigenvalue weighted by atomic mass is 10.1. The van der Waals surface area contributed by atoms with Crippen molar-refractivity contribution < 1.29 is 0 Å². The third-order valence-corrected chi connectivity index (χ3v) is 4.32. The van der Waals surface area contributed by atoms with Gasteiger partial charge in [0.15, 0.2) is 0 Å². The SMILES string of the molecule is CC(CN)N1CCN(c2cc(-c3ccccc3)ncn2)CC1. The maximum absolute atomic E-state index is 5.76. The predicted octanol–water partition coefficient (Wildman–Crippen LogP) is 1.61. The van der Waals surface area contributed by atoms with E-state index in [1.54, 1.807) is 6.33 Å². The molecule has 2 aromatic rings. The average molecular weight is 297 g/mol. The molecule has 0 spiro atoms. The number of anilines is 1. The molecular formula is C17H23N5. The van der Waals surface area contributed by atoms with Gasteiger partial charge in [-0.25, -0.2) is 9.97 Å². The zero-order valence-electron chi connectivity index (χ0n) is 13.0. The highest BCUT2D eigenvalue weighted by Gasteiger charge is 2.21. The first kappa shape index (κ1) is 14.9. The Balaban J connectivity index is 1.72. The van der Waals surface area contributed by atoms with Gasteiger partial charge in [0.2, 0.25) is 0 Å². The molecule has 1 aliphatic heterocycles. The molecule has 0 saturated carbocycles. The van der Waals surface area contributed by atoms with Gasteiger partial charge in [-0.2, -0.15) is 0 Å². The van der Waals surface area contributed by atoms with Gasteiger partial charge in [0, 0.05) is 50.4 Å². The quantitative estimate of drug-likeness (QED) is 0.929. The normalized spacial score (nSPS) is 17.5. The molecule has 0 bridgehead atoms. The van der Waals surface area contributed by atoms with Crippen LogP contribution in [0.25, 0.3) is 11.3 Å². The summed E-state index contributed by atoms with van der Waals surface area (Å²) >= 11 is 0. The summed E-state index contributed by atoms with van der Waals surface area (Å²) in [6, 6.07) is 12.8. The van der Waals surface area contributed by atoms with E-state index in [9.17, 15) is 0 Å². The molecule has 3 rings (SSSR count). The molecule has 0 aliphatic carbocycles. The van der Waals surface area contributed by atoms with Crippen LogP contribution in [-0.4, -0.2) is 53.6 Å². The molecule has 2 N–H and O–H groups in total. The smallest absolute Gasteiger partial charge is 0.132 e. The summed E-state index contributed by atoms with van der Waals surface area (Å²) in [5.41, 5.74) is 7.86. The van der Waals surface area contributed by atoms with E-state index in [2.05, 4.69) is 44.9 Å². The minimum atomic E-state index is 0.451. The van der Waals surface area contributed by atoms with Crippen molar-refractivity contribution in [3.63, 3.8) is 0 Å². The van der Waals surface area contributed by atoms with E-state index in [4.69, 9.17) is 5.73 Å². The van der Waals surface area contributed by atoms with Crippen LogP contribution >= 0.6 is 0 Å². The molecule has 1 aromatic carbocycles. The first-order valence-electron chi connectivity index (χ1n) is 7.84. The van der Waals surface area contributed by atoms with Gasteiger partial charge in [-0.1, -0.05) is 30.3 Å². The van der Waals surface area contributed by atoms with Crippen molar-refractivity contribution in [1.29, 1.82) is 0 Å². The Morgan fingerprint density at radius 1 is 1.09 bits per heavy atom. The van der Waals surface area contributed by atoms with Crippen LogP contribution in [-0.2, 0) is 0 Å². The van der Waals surface area contributed by atoms with Crippen LogP contribution in [0.15, 0.2) is 42.7 Å². The van der Waals surface area contributed by atoms with E-state index in [1.807, 2.05) is 18.2 Å². The number of hydrogen-bond donors (Lipinski definition) is 1. The topological polar surface area (TPSA) is 58.3 Å². The van der Waals surface area contributed by atoms with Gasteiger partial charge in [-0.15, -0.1) is 0 Å². The van der Waals surface area contributed by atoms with E-state index in [1.165, 1.54) is 0 Å². The second-order valence-electron chi connectivity index (χ2n) is 5.74. The fraction of sp³-hybridized carbons (Fsp3) is 0.412. The van der Waals surface area contributed by atoms with Crippen LogP contribution in [0, 0.1) is 0 Å². The van der Waals surface area contributed by atoms with Crippen LogP contribution in [0.2, 0.25) is 0 Å². The van der Waals surface area contributed by atoms with Crippen LogP contribution in [0.1, 0.15) is 6.92 Å². The highest BCUT2D eigenvalue weighted by atomic mass is 15.3. The van der Waals surface area contributed by atoms with E-state index in [-0.39, 0.29) is 0 Å². The van der Waals surface area contributed by atoms with E-state index in [0.29, 0.717) is 12.6 Å². The summed E-state index contributed by atoms with van der Waals surface area (Å²) in [6.07, 6.45) is 1.66. The number of hydrogen-bond acceptors (Lipinski definition) is 5. The van der Waals surface area contributed by atoms with E-state index in [0.717, 1.165) is 43.3 Å². The predicted molar refractivity (Wildman–Crippen MR) is 89.8 cm³/mol. The highest BCUT2D eigenvalue weighted by molar-refractivity contribution is 5.62. The lowest BCUT2D eigenvalue weighted by Gasteiger charge is -2.38. The number of benzene rings is 1. The third kappa shape index (κ3) is 3.26. The van der Waals surface area contributed by atoms with Crippen LogP contribution in [0.5, 0.6) is 0 Å². The highest BCUT2D eigenvalue weighted by Crippen LogP contribution is 2.21. The molecule has 0 amide bonds. The van der Waals surface area contributed by atoms with Gasteiger partial charge in [0.1, 0.15) is 12.1 Å². The van der Waals surface area contributed by atoms with Crippen LogP contribution in [0.3, 0.4) is 0 Å². The molecular weight excluding hydrogens is 274 g/mol. The molecule has 5 nitrogen and oxygen atoms in total. The maximum Gasteiger partial charge on any atom is 0.132 e. The molecule has 1 saturated heterocycles. The van der Waals surface area contributed by atoms with Crippen molar-refractivity contribution in [3.05, 3.63) is 42.7 Å². The van der Waals surface area contributed by atoms with E-state index < -0.39 is 0 Å². The fourth-order valence-corrected chi connectivity index (χ4v) is 2.83. The summed E-state index contributed by atoms with van der Waals surface area (Å²) < 4.78 is 0. The van der Waals surface area contributed by atoms with Crippen LogP contribution in [0.4, 0.5) is 5.82 Å². The number of rotatable bonds is 4. The monoisotopic (exact) mass is 297 g/mol. The van der Waals surface area contributed by atoms with Gasteiger partial charge >= 0.3 is 0 Å². The Morgan fingerprint density at radius 2 is 1.82 bits per heavy atom. The van der Waals surface area contributed by atoms with Gasteiger partial charge < -0.3 is 10.6 Å². The molecule has 1 aromatic heterocycles. The Labute approximate surface area is 131 Å². The summed E-state index contributed by atoms with van der Waals surface area (Å²) in [5, 5.41) is 0. The Kier molecular flexibility index (Phi) is 4.65. The molecule has 22 heavy (non-hydrogen) atoms. The molecule has 1 fully saturated rings. The zero-order chi connectivity index (χ0) is 15.4. The third-order valence-electron chi connectivity index (χ3n) is 4.32. The summed E-state index contributed by atoms with van der Waals surface area (Å²) in [4.78, 5) is 13.6. The van der Waals surface area contributed by atoms with Gasteiger partial charge in [-0.05, 0) is 6.92 Å². The molecule has 116 valence electrons. The van der Waals surface area contributed by atoms with E-state index >= 15 is 0 Å². The zero-order valence-corrected chi connectivity index (χ0v) is 13.0. The number of nitrogens with zero attached hydrogens (tertiary/aromatic N) is 4. The van der Waals surface area contributed by atoms with Crippen molar-refractivity contribution in [3.8, 4) is 11.3 Å². The number of piperazine rings is 1. The number of aromatic nitrogens is 2. The van der Waals surface area contributed by atoms with Crippen molar-refractivity contribution in [1.82, 2.24) is 14.9 Å². The maximum atomic E-state index is 5.76. The Morgan fingerprint density at radius 3 is 2.50 bits per heavy atom. The number of nitrogens with two attached hydrogens (primary N) is 1. The average Bonchev–Trinajstić information content (AvgIpc) is 2.62. The molecule has 1 unspecified atom stereocenters. The largest absolute Gasteiger partial charge is 0.354 e. The standard InChI is InChI=1S/C17H23N5/c1-14(12-18)21-7-9-22(10-8-21)17-11-16(19-13-20-17)15-5-3-2-4-6-15/h2-6,11,13-14H,7-10,12,18H2,1H3. The lowest BCUT2D eigenvalue weighted by Crippen LogP contribution is -2.51. The van der Waals surface area contributed by atoms with Crippen molar-refractivity contribution in [2.75, 3.05) is 37.6 Å². The Hall–Kier alpha value is -1.98. The first-order valence-corrected chi connectivity index (χ1v) is 7.84. The second-order valence-corrected chi connectivity index (χ2v) is 5.74. The van der Waals surface area contributed by atoms with Crippen molar-refractivity contribution in [2.24, 2.45) is 5.73 Å². The first-order chi connectivity index (χ1) is 10.8. The van der Waals surface area contributed by atoms with Gasteiger partial charge in [0.25, 0.3) is 0 Å². The molecule has 0 radical (unpaired) electrons. The molecule has 5 heteroatoms. The van der Waals surface area contributed by atoms with Crippen molar-refractivity contribution in [2.45, 2.75) is 13.0 Å². The van der Waals surface area contributed by atoms with Crippen LogP contribution < -0.4 is 10.6 Å². The second kappa shape index (κ2) is 6.85. The van der Waals surface area contributed by atoms with Gasteiger partial charge in [-0.3, -0.25) is 4.90 Å². The minimum Gasteiger partial charge on any atom is -0.354 e. The summed E-state index contributed by atoms with van der Waals surface area (Å²) in [6.45, 7) is 6.93.